The van der Waals surface area contributed by atoms with Gasteiger partial charge in [0.05, 0.1) is 28.8 Å². The van der Waals surface area contributed by atoms with Gasteiger partial charge in [-0.05, 0) is 68.4 Å². The monoisotopic (exact) mass is 434 g/mol. The van der Waals surface area contributed by atoms with E-state index in [2.05, 4.69) is 12.1 Å². The van der Waals surface area contributed by atoms with Crippen molar-refractivity contribution in [2.75, 3.05) is 6.61 Å². The number of fused-ring (bicyclic) bond motifs is 2. The third-order valence-corrected chi connectivity index (χ3v) is 7.36. The number of aromatic nitrogens is 2. The first-order chi connectivity index (χ1) is 15.1. The smallest absolute Gasteiger partial charge is 0.262 e. The summed E-state index contributed by atoms with van der Waals surface area (Å²) < 4.78 is 7.48. The van der Waals surface area contributed by atoms with Gasteiger partial charge in [-0.15, -0.1) is 0 Å². The normalized spacial score (nSPS) is 18.9. The molecule has 5 nitrogen and oxygen atoms in total. The SMILES string of the molecule is C[C@H](Sc1nc2ccccc2c(=O)n1C[C@H]1CCCO1)C(=O)c1ccc2c(c1)CCC2. The van der Waals surface area contributed by atoms with Crippen LogP contribution in [0.15, 0.2) is 52.4 Å². The molecule has 6 heteroatoms. The fraction of sp³-hybridized carbons (Fsp3) is 0.400. The number of Topliss-reactive ketones (excluding diaryl/α,β-unsaturated/α-hetero) is 1. The van der Waals surface area contributed by atoms with E-state index in [4.69, 9.17) is 9.72 Å². The number of carbonyl (C=O) groups is 1. The molecule has 2 atom stereocenters. The summed E-state index contributed by atoms with van der Waals surface area (Å²) >= 11 is 1.37. The minimum Gasteiger partial charge on any atom is -0.376 e. The molecular weight excluding hydrogens is 408 g/mol. The lowest BCUT2D eigenvalue weighted by Crippen LogP contribution is -2.29. The molecule has 1 aliphatic carbocycles. The van der Waals surface area contributed by atoms with Crippen LogP contribution < -0.4 is 5.56 Å². The van der Waals surface area contributed by atoms with Crippen molar-refractivity contribution >= 4 is 28.4 Å². The lowest BCUT2D eigenvalue weighted by Gasteiger charge is -2.18. The summed E-state index contributed by atoms with van der Waals surface area (Å²) in [6.07, 6.45) is 5.27. The van der Waals surface area contributed by atoms with Crippen LogP contribution in [0, 0.1) is 0 Å². The number of hydrogen-bond donors (Lipinski definition) is 0. The highest BCUT2D eigenvalue weighted by atomic mass is 32.2. The van der Waals surface area contributed by atoms with Gasteiger partial charge in [-0.25, -0.2) is 4.98 Å². The largest absolute Gasteiger partial charge is 0.376 e. The zero-order valence-electron chi connectivity index (χ0n) is 17.7. The first kappa shape index (κ1) is 20.5. The quantitative estimate of drug-likeness (QED) is 0.326. The van der Waals surface area contributed by atoms with Crippen LogP contribution >= 0.6 is 11.8 Å². The molecule has 0 saturated carbocycles. The van der Waals surface area contributed by atoms with E-state index in [0.29, 0.717) is 22.6 Å². The molecule has 31 heavy (non-hydrogen) atoms. The molecule has 2 aromatic carbocycles. The molecule has 0 unspecified atom stereocenters. The summed E-state index contributed by atoms with van der Waals surface area (Å²) in [6, 6.07) is 13.5. The third-order valence-electron chi connectivity index (χ3n) is 6.27. The molecule has 0 amide bonds. The van der Waals surface area contributed by atoms with Gasteiger partial charge in [0.1, 0.15) is 0 Å². The van der Waals surface area contributed by atoms with Gasteiger partial charge in [0.25, 0.3) is 5.56 Å². The molecule has 5 rings (SSSR count). The Morgan fingerprint density at radius 2 is 2.03 bits per heavy atom. The molecule has 0 radical (unpaired) electrons. The van der Waals surface area contributed by atoms with E-state index in [0.717, 1.165) is 44.3 Å². The van der Waals surface area contributed by atoms with Gasteiger partial charge in [0.2, 0.25) is 0 Å². The highest BCUT2D eigenvalue weighted by Crippen LogP contribution is 2.28. The molecular formula is C25H26N2O3S. The van der Waals surface area contributed by atoms with Crippen LogP contribution in [0.3, 0.4) is 0 Å². The van der Waals surface area contributed by atoms with Crippen LogP contribution in [0.25, 0.3) is 10.9 Å². The van der Waals surface area contributed by atoms with Crippen molar-refractivity contribution in [1.82, 2.24) is 9.55 Å². The fourth-order valence-corrected chi connectivity index (χ4v) is 5.56. The first-order valence-electron chi connectivity index (χ1n) is 11.0. The van der Waals surface area contributed by atoms with E-state index in [1.807, 2.05) is 37.3 Å². The second-order valence-corrected chi connectivity index (χ2v) is 9.73. The van der Waals surface area contributed by atoms with Crippen LogP contribution in [0.1, 0.15) is 47.7 Å². The number of aryl methyl sites for hydroxylation is 2. The van der Waals surface area contributed by atoms with Crippen molar-refractivity contribution in [3.05, 3.63) is 69.5 Å². The molecule has 0 spiro atoms. The highest BCUT2D eigenvalue weighted by Gasteiger charge is 2.24. The van der Waals surface area contributed by atoms with Gasteiger partial charge in [-0.1, -0.05) is 36.0 Å². The number of thioether (sulfide) groups is 1. The Hall–Kier alpha value is -2.44. The van der Waals surface area contributed by atoms with Crippen molar-refractivity contribution in [3.8, 4) is 0 Å². The van der Waals surface area contributed by atoms with E-state index in [1.54, 1.807) is 4.57 Å². The Labute approximate surface area is 185 Å². The summed E-state index contributed by atoms with van der Waals surface area (Å²) in [5.41, 5.74) is 3.99. The molecule has 2 aliphatic rings. The van der Waals surface area contributed by atoms with Crippen LogP contribution in [-0.2, 0) is 24.1 Å². The van der Waals surface area contributed by atoms with Gasteiger partial charge in [-0.3, -0.25) is 14.2 Å². The zero-order chi connectivity index (χ0) is 21.4. The van der Waals surface area contributed by atoms with Gasteiger partial charge < -0.3 is 4.74 Å². The summed E-state index contributed by atoms with van der Waals surface area (Å²) in [4.78, 5) is 31.2. The van der Waals surface area contributed by atoms with Crippen molar-refractivity contribution in [2.45, 2.75) is 62.1 Å². The standard InChI is InChI=1S/C25H26N2O3S/c1-16(23(28)19-12-11-17-6-4-7-18(17)14-19)31-25-26-22-10-3-2-9-21(22)24(29)27(25)15-20-8-5-13-30-20/h2-3,9-12,14,16,20H,4-8,13,15H2,1H3/t16-,20+/m0/s1. The number of benzene rings is 2. The Balaban J connectivity index is 1.46. The lowest BCUT2D eigenvalue weighted by atomic mass is 10.0. The number of hydrogen-bond acceptors (Lipinski definition) is 5. The Kier molecular flexibility index (Phi) is 5.67. The third kappa shape index (κ3) is 4.06. The average molecular weight is 435 g/mol. The number of ketones is 1. The Morgan fingerprint density at radius 3 is 2.87 bits per heavy atom. The van der Waals surface area contributed by atoms with E-state index in [9.17, 15) is 9.59 Å². The molecule has 0 N–H and O–H groups in total. The van der Waals surface area contributed by atoms with Crippen LogP contribution in [0.2, 0.25) is 0 Å². The number of nitrogens with zero attached hydrogens (tertiary/aromatic N) is 2. The molecule has 1 saturated heterocycles. The van der Waals surface area contributed by atoms with Crippen molar-refractivity contribution in [3.63, 3.8) is 0 Å². The highest BCUT2D eigenvalue weighted by molar-refractivity contribution is 8.00. The Bertz CT molecular complexity index is 1200. The van der Waals surface area contributed by atoms with Crippen molar-refractivity contribution in [1.29, 1.82) is 0 Å². The van der Waals surface area contributed by atoms with Crippen LogP contribution in [0.4, 0.5) is 0 Å². The summed E-state index contributed by atoms with van der Waals surface area (Å²) in [5, 5.41) is 0.840. The van der Waals surface area contributed by atoms with E-state index >= 15 is 0 Å². The fourth-order valence-electron chi connectivity index (χ4n) is 4.56. The summed E-state index contributed by atoms with van der Waals surface area (Å²) in [5.74, 6) is 0.0748. The number of ether oxygens (including phenoxy) is 1. The summed E-state index contributed by atoms with van der Waals surface area (Å²) in [6.45, 7) is 3.10. The maximum Gasteiger partial charge on any atom is 0.262 e. The van der Waals surface area contributed by atoms with Gasteiger partial charge in [-0.2, -0.15) is 0 Å². The van der Waals surface area contributed by atoms with Crippen LogP contribution in [0.5, 0.6) is 0 Å². The molecule has 3 aromatic rings. The van der Waals surface area contributed by atoms with E-state index in [-0.39, 0.29) is 22.7 Å². The lowest BCUT2D eigenvalue weighted by molar-refractivity contribution is 0.0937. The summed E-state index contributed by atoms with van der Waals surface area (Å²) in [7, 11) is 0. The maximum absolute atomic E-state index is 13.3. The van der Waals surface area contributed by atoms with Crippen LogP contribution in [-0.4, -0.2) is 33.3 Å². The van der Waals surface area contributed by atoms with E-state index in [1.165, 1.54) is 22.9 Å². The predicted molar refractivity (Wildman–Crippen MR) is 123 cm³/mol. The minimum atomic E-state index is -0.344. The Morgan fingerprint density at radius 1 is 1.19 bits per heavy atom. The second kappa shape index (κ2) is 8.60. The molecule has 0 bridgehead atoms. The molecule has 160 valence electrons. The molecule has 1 aromatic heterocycles. The van der Waals surface area contributed by atoms with Gasteiger partial charge >= 0.3 is 0 Å². The minimum absolute atomic E-state index is 0.0164. The first-order valence-corrected chi connectivity index (χ1v) is 11.9. The molecule has 1 fully saturated rings. The number of carbonyl (C=O) groups excluding carboxylic acids is 1. The number of rotatable bonds is 6. The number of para-hydroxylation sites is 1. The second-order valence-electron chi connectivity index (χ2n) is 8.42. The average Bonchev–Trinajstić information content (AvgIpc) is 3.47. The van der Waals surface area contributed by atoms with E-state index < -0.39 is 0 Å². The molecule has 1 aliphatic heterocycles. The maximum atomic E-state index is 13.3. The van der Waals surface area contributed by atoms with Crippen molar-refractivity contribution in [2.24, 2.45) is 0 Å². The molecule has 2 heterocycles. The predicted octanol–water partition coefficient (Wildman–Crippen LogP) is 4.43. The van der Waals surface area contributed by atoms with Crippen molar-refractivity contribution < 1.29 is 9.53 Å². The van der Waals surface area contributed by atoms with Gasteiger partial charge in [0, 0.05) is 12.2 Å². The zero-order valence-corrected chi connectivity index (χ0v) is 18.5. The topological polar surface area (TPSA) is 61.2 Å². The van der Waals surface area contributed by atoms with Gasteiger partial charge in [0.15, 0.2) is 10.9 Å².